The molecule has 0 aliphatic heterocycles. The number of hydrogen-bond acceptors (Lipinski definition) is 3. The summed E-state index contributed by atoms with van der Waals surface area (Å²) in [5.74, 6) is 0.0766. The number of amides is 1. The summed E-state index contributed by atoms with van der Waals surface area (Å²) >= 11 is 0. The van der Waals surface area contributed by atoms with E-state index in [0.717, 1.165) is 17.7 Å². The quantitative estimate of drug-likeness (QED) is 0.778. The van der Waals surface area contributed by atoms with Crippen molar-refractivity contribution in [3.05, 3.63) is 24.2 Å². The number of alkyl halides is 3. The van der Waals surface area contributed by atoms with Crippen LogP contribution in [0.15, 0.2) is 22.8 Å². The summed E-state index contributed by atoms with van der Waals surface area (Å²) in [4.78, 5) is 12.9. The zero-order chi connectivity index (χ0) is 15.5. The van der Waals surface area contributed by atoms with Crippen LogP contribution in [0.1, 0.15) is 25.5 Å². The summed E-state index contributed by atoms with van der Waals surface area (Å²) in [6, 6.07) is 3.10. The minimum atomic E-state index is -4.46. The highest BCUT2D eigenvalue weighted by atomic mass is 19.4. The van der Waals surface area contributed by atoms with Gasteiger partial charge in [-0.05, 0) is 37.8 Å². The smallest absolute Gasteiger partial charge is 0.406 e. The van der Waals surface area contributed by atoms with Crippen LogP contribution in [-0.2, 0) is 16.1 Å². The lowest BCUT2D eigenvalue weighted by molar-refractivity contribution is -0.169. The number of nitrogens with zero attached hydrogens (tertiary/aromatic N) is 1. The molecule has 1 saturated carbocycles. The second-order valence-corrected chi connectivity index (χ2v) is 5.31. The Hall–Kier alpha value is -1.50. The zero-order valence-electron chi connectivity index (χ0n) is 11.7. The number of carbonyl (C=O) groups excluding carboxylic acids is 1. The molecule has 118 valence electrons. The van der Waals surface area contributed by atoms with E-state index in [1.165, 1.54) is 19.3 Å². The molecule has 1 unspecified atom stereocenters. The summed E-state index contributed by atoms with van der Waals surface area (Å²) < 4.78 is 48.2. The Kier molecular flexibility index (Phi) is 4.92. The summed E-state index contributed by atoms with van der Waals surface area (Å²) in [5, 5.41) is 0. The second kappa shape index (κ2) is 6.51. The SMILES string of the molecule is CC(OCC1CC1)C(=O)N(Cc1ccco1)CC(F)(F)F. The average Bonchev–Trinajstić information content (AvgIpc) is 3.09. The van der Waals surface area contributed by atoms with Crippen LogP contribution in [0.2, 0.25) is 0 Å². The molecule has 0 aromatic carbocycles. The maximum atomic E-state index is 12.6. The van der Waals surface area contributed by atoms with Crippen LogP contribution in [0.5, 0.6) is 0 Å². The predicted octanol–water partition coefficient (Wildman–Crippen LogP) is 2.99. The number of carbonyl (C=O) groups is 1. The minimum Gasteiger partial charge on any atom is -0.467 e. The molecular formula is C14H18F3NO3. The van der Waals surface area contributed by atoms with E-state index in [4.69, 9.17) is 9.15 Å². The molecule has 1 aromatic heterocycles. The first-order chi connectivity index (χ1) is 9.85. The Morgan fingerprint density at radius 3 is 2.76 bits per heavy atom. The summed E-state index contributed by atoms with van der Waals surface area (Å²) in [7, 11) is 0. The van der Waals surface area contributed by atoms with Crippen LogP contribution in [-0.4, -0.2) is 36.2 Å². The lowest BCUT2D eigenvalue weighted by Gasteiger charge is -2.26. The molecule has 1 amide bonds. The van der Waals surface area contributed by atoms with Gasteiger partial charge in [0.15, 0.2) is 0 Å². The summed E-state index contributed by atoms with van der Waals surface area (Å²) in [6.07, 6.45) is -1.88. The average molecular weight is 305 g/mol. The Bertz CT molecular complexity index is 455. The van der Waals surface area contributed by atoms with Gasteiger partial charge >= 0.3 is 6.18 Å². The molecule has 1 aliphatic rings. The third kappa shape index (κ3) is 5.41. The third-order valence-corrected chi connectivity index (χ3v) is 3.24. The molecule has 21 heavy (non-hydrogen) atoms. The molecule has 0 bridgehead atoms. The van der Waals surface area contributed by atoms with Crippen LogP contribution in [0.25, 0.3) is 0 Å². The first-order valence-corrected chi connectivity index (χ1v) is 6.84. The van der Waals surface area contributed by atoms with E-state index in [9.17, 15) is 18.0 Å². The van der Waals surface area contributed by atoms with Gasteiger partial charge in [-0.3, -0.25) is 4.79 Å². The highest BCUT2D eigenvalue weighted by molar-refractivity contribution is 5.80. The standard InChI is InChI=1S/C14H18F3NO3/c1-10(21-8-11-4-5-11)13(19)18(9-14(15,16)17)7-12-3-2-6-20-12/h2-3,6,10-11H,4-5,7-9H2,1H3. The van der Waals surface area contributed by atoms with Gasteiger partial charge < -0.3 is 14.1 Å². The van der Waals surface area contributed by atoms with Gasteiger partial charge in [-0.15, -0.1) is 0 Å². The predicted molar refractivity (Wildman–Crippen MR) is 68.3 cm³/mol. The van der Waals surface area contributed by atoms with E-state index in [1.54, 1.807) is 6.07 Å². The van der Waals surface area contributed by atoms with Crippen molar-refractivity contribution in [2.24, 2.45) is 5.92 Å². The Balaban J connectivity index is 1.96. The van der Waals surface area contributed by atoms with E-state index in [1.807, 2.05) is 0 Å². The van der Waals surface area contributed by atoms with E-state index in [-0.39, 0.29) is 6.54 Å². The van der Waals surface area contributed by atoms with Gasteiger partial charge in [-0.25, -0.2) is 0 Å². The molecule has 4 nitrogen and oxygen atoms in total. The van der Waals surface area contributed by atoms with E-state index in [2.05, 4.69) is 0 Å². The van der Waals surface area contributed by atoms with Crippen molar-refractivity contribution in [2.45, 2.75) is 38.6 Å². The molecule has 1 aromatic rings. The topological polar surface area (TPSA) is 42.7 Å². The summed E-state index contributed by atoms with van der Waals surface area (Å²) in [5.41, 5.74) is 0. The van der Waals surface area contributed by atoms with Gasteiger partial charge in [0.05, 0.1) is 19.4 Å². The lowest BCUT2D eigenvalue weighted by atomic mass is 10.3. The molecule has 0 spiro atoms. The Morgan fingerprint density at radius 1 is 1.52 bits per heavy atom. The normalized spacial score (nSPS) is 16.8. The van der Waals surface area contributed by atoms with Gasteiger partial charge in [-0.1, -0.05) is 0 Å². The van der Waals surface area contributed by atoms with Crippen molar-refractivity contribution in [3.63, 3.8) is 0 Å². The molecular weight excluding hydrogens is 287 g/mol. The maximum Gasteiger partial charge on any atom is 0.406 e. The highest BCUT2D eigenvalue weighted by Crippen LogP contribution is 2.29. The van der Waals surface area contributed by atoms with E-state index >= 15 is 0 Å². The third-order valence-electron chi connectivity index (χ3n) is 3.24. The van der Waals surface area contributed by atoms with Gasteiger partial charge in [0, 0.05) is 0 Å². The van der Waals surface area contributed by atoms with E-state index < -0.39 is 24.7 Å². The largest absolute Gasteiger partial charge is 0.467 e. The molecule has 0 N–H and O–H groups in total. The molecule has 1 aliphatic carbocycles. The second-order valence-electron chi connectivity index (χ2n) is 5.31. The number of furan rings is 1. The first kappa shape index (κ1) is 15.9. The Morgan fingerprint density at radius 2 is 2.24 bits per heavy atom. The van der Waals surface area contributed by atoms with Crippen molar-refractivity contribution in [1.82, 2.24) is 4.90 Å². The highest BCUT2D eigenvalue weighted by Gasteiger charge is 2.35. The van der Waals surface area contributed by atoms with Crippen molar-refractivity contribution in [1.29, 1.82) is 0 Å². The van der Waals surface area contributed by atoms with Crippen LogP contribution >= 0.6 is 0 Å². The van der Waals surface area contributed by atoms with Crippen molar-refractivity contribution in [3.8, 4) is 0 Å². The summed E-state index contributed by atoms with van der Waals surface area (Å²) in [6.45, 7) is 0.371. The molecule has 7 heteroatoms. The van der Waals surface area contributed by atoms with Crippen molar-refractivity contribution >= 4 is 5.91 Å². The van der Waals surface area contributed by atoms with Crippen molar-refractivity contribution in [2.75, 3.05) is 13.2 Å². The van der Waals surface area contributed by atoms with Gasteiger partial charge in [0.25, 0.3) is 5.91 Å². The monoisotopic (exact) mass is 305 g/mol. The van der Waals surface area contributed by atoms with Crippen LogP contribution in [0.4, 0.5) is 13.2 Å². The van der Waals surface area contributed by atoms with Gasteiger partial charge in [0.1, 0.15) is 18.4 Å². The molecule has 1 atom stereocenters. The fourth-order valence-corrected chi connectivity index (χ4v) is 1.91. The fraction of sp³-hybridized carbons (Fsp3) is 0.643. The first-order valence-electron chi connectivity index (χ1n) is 6.84. The fourth-order valence-electron chi connectivity index (χ4n) is 1.91. The van der Waals surface area contributed by atoms with Crippen LogP contribution < -0.4 is 0 Å². The zero-order valence-corrected chi connectivity index (χ0v) is 11.7. The minimum absolute atomic E-state index is 0.220. The molecule has 0 radical (unpaired) electrons. The Labute approximate surface area is 120 Å². The number of rotatable bonds is 7. The maximum absolute atomic E-state index is 12.6. The number of halogens is 3. The molecule has 0 saturated heterocycles. The molecule has 2 rings (SSSR count). The number of ether oxygens (including phenoxy) is 1. The van der Waals surface area contributed by atoms with Gasteiger partial charge in [-0.2, -0.15) is 13.2 Å². The van der Waals surface area contributed by atoms with Crippen molar-refractivity contribution < 1.29 is 27.1 Å². The van der Waals surface area contributed by atoms with Crippen LogP contribution in [0, 0.1) is 5.92 Å². The molecule has 1 fully saturated rings. The van der Waals surface area contributed by atoms with Crippen LogP contribution in [0.3, 0.4) is 0 Å². The lowest BCUT2D eigenvalue weighted by Crippen LogP contribution is -2.43. The van der Waals surface area contributed by atoms with Gasteiger partial charge in [0.2, 0.25) is 0 Å². The van der Waals surface area contributed by atoms with E-state index in [0.29, 0.717) is 18.3 Å². The molecule has 1 heterocycles. The number of hydrogen-bond donors (Lipinski definition) is 0.